The maximum atomic E-state index is 11.3. The van der Waals surface area contributed by atoms with Crippen molar-refractivity contribution in [2.45, 2.75) is 44.2 Å². The number of hydrogen-bond acceptors (Lipinski definition) is 3. The molecular weight excluding hydrogens is 190 g/mol. The van der Waals surface area contributed by atoms with Gasteiger partial charge in [-0.1, -0.05) is 6.42 Å². The van der Waals surface area contributed by atoms with E-state index in [-0.39, 0.29) is 11.9 Å². The van der Waals surface area contributed by atoms with Crippen LogP contribution >= 0.6 is 0 Å². The minimum atomic E-state index is -0.146. The number of nitrogens with zero attached hydrogens (tertiary/aromatic N) is 1. The van der Waals surface area contributed by atoms with Gasteiger partial charge in [0.1, 0.15) is 0 Å². The molecule has 0 aliphatic carbocycles. The van der Waals surface area contributed by atoms with E-state index in [4.69, 9.17) is 5.73 Å². The van der Waals surface area contributed by atoms with E-state index in [9.17, 15) is 4.79 Å². The Morgan fingerprint density at radius 2 is 2.20 bits per heavy atom. The molecule has 15 heavy (non-hydrogen) atoms. The standard InChI is InChI=1S/C11H21N3O/c12-11(15)10-5-1-2-7-14(10)8-9-4-3-6-13-9/h9-10,13H,1-8H2,(H2,12,15)/t9-,10?/m0/s1. The van der Waals surface area contributed by atoms with Crippen LogP contribution in [-0.4, -0.2) is 42.5 Å². The molecule has 1 amide bonds. The number of piperidine rings is 1. The number of carbonyl (C=O) groups is 1. The predicted octanol–water partition coefficient (Wildman–Crippen LogP) is 0.0782. The van der Waals surface area contributed by atoms with Crippen molar-refractivity contribution in [2.75, 3.05) is 19.6 Å². The SMILES string of the molecule is NC(=O)C1CCCCN1C[C@@H]1CCCN1. The van der Waals surface area contributed by atoms with Crippen LogP contribution in [0.5, 0.6) is 0 Å². The highest BCUT2D eigenvalue weighted by Crippen LogP contribution is 2.18. The lowest BCUT2D eigenvalue weighted by Crippen LogP contribution is -2.51. The smallest absolute Gasteiger partial charge is 0.234 e. The monoisotopic (exact) mass is 211 g/mol. The fourth-order valence-electron chi connectivity index (χ4n) is 2.73. The van der Waals surface area contributed by atoms with Crippen molar-refractivity contribution >= 4 is 5.91 Å². The average molecular weight is 211 g/mol. The second kappa shape index (κ2) is 4.94. The van der Waals surface area contributed by atoms with Crippen molar-refractivity contribution in [1.82, 2.24) is 10.2 Å². The van der Waals surface area contributed by atoms with Crippen LogP contribution in [0, 0.1) is 0 Å². The van der Waals surface area contributed by atoms with Crippen LogP contribution in [0.3, 0.4) is 0 Å². The van der Waals surface area contributed by atoms with Gasteiger partial charge in [0.2, 0.25) is 5.91 Å². The highest BCUT2D eigenvalue weighted by Gasteiger charge is 2.29. The van der Waals surface area contributed by atoms with Crippen LogP contribution in [0.1, 0.15) is 32.1 Å². The van der Waals surface area contributed by atoms with E-state index in [0.29, 0.717) is 6.04 Å². The molecule has 1 unspecified atom stereocenters. The first-order valence-corrected chi connectivity index (χ1v) is 6.04. The summed E-state index contributed by atoms with van der Waals surface area (Å²) in [7, 11) is 0. The lowest BCUT2D eigenvalue weighted by atomic mass is 10.0. The second-order valence-electron chi connectivity index (χ2n) is 4.70. The van der Waals surface area contributed by atoms with Gasteiger partial charge < -0.3 is 11.1 Å². The van der Waals surface area contributed by atoms with Gasteiger partial charge in [0.25, 0.3) is 0 Å². The van der Waals surface area contributed by atoms with Crippen LogP contribution in [0.4, 0.5) is 0 Å². The van der Waals surface area contributed by atoms with Crippen molar-refractivity contribution in [2.24, 2.45) is 5.73 Å². The minimum absolute atomic E-state index is 0.0128. The lowest BCUT2D eigenvalue weighted by Gasteiger charge is -2.35. The third-order valence-corrected chi connectivity index (χ3v) is 3.56. The maximum Gasteiger partial charge on any atom is 0.234 e. The fourth-order valence-corrected chi connectivity index (χ4v) is 2.73. The Bertz CT molecular complexity index is 226. The Kier molecular flexibility index (Phi) is 3.59. The molecule has 4 nitrogen and oxygen atoms in total. The minimum Gasteiger partial charge on any atom is -0.368 e. The molecule has 4 heteroatoms. The van der Waals surface area contributed by atoms with E-state index in [1.807, 2.05) is 0 Å². The molecule has 2 atom stereocenters. The van der Waals surface area contributed by atoms with Crippen molar-refractivity contribution in [3.8, 4) is 0 Å². The third kappa shape index (κ3) is 2.69. The van der Waals surface area contributed by atoms with Crippen LogP contribution in [0.2, 0.25) is 0 Å². The average Bonchev–Trinajstić information content (AvgIpc) is 2.71. The molecule has 2 saturated heterocycles. The lowest BCUT2D eigenvalue weighted by molar-refractivity contribution is -0.124. The second-order valence-corrected chi connectivity index (χ2v) is 4.70. The van der Waals surface area contributed by atoms with Gasteiger partial charge in [-0.05, 0) is 38.8 Å². The number of nitrogens with two attached hydrogens (primary N) is 1. The van der Waals surface area contributed by atoms with E-state index in [2.05, 4.69) is 10.2 Å². The zero-order chi connectivity index (χ0) is 10.7. The molecular formula is C11H21N3O. The number of nitrogens with one attached hydrogen (secondary N) is 1. The van der Waals surface area contributed by atoms with Crippen LogP contribution in [0.15, 0.2) is 0 Å². The van der Waals surface area contributed by atoms with Gasteiger partial charge in [-0.15, -0.1) is 0 Å². The van der Waals surface area contributed by atoms with E-state index in [1.165, 1.54) is 19.3 Å². The van der Waals surface area contributed by atoms with E-state index in [0.717, 1.165) is 32.5 Å². The number of rotatable bonds is 3. The van der Waals surface area contributed by atoms with Crippen molar-refractivity contribution < 1.29 is 4.79 Å². The molecule has 2 rings (SSSR count). The number of carbonyl (C=O) groups excluding carboxylic acids is 1. The highest BCUT2D eigenvalue weighted by atomic mass is 16.1. The van der Waals surface area contributed by atoms with Gasteiger partial charge in [0, 0.05) is 12.6 Å². The molecule has 0 aromatic carbocycles. The van der Waals surface area contributed by atoms with Gasteiger partial charge >= 0.3 is 0 Å². The summed E-state index contributed by atoms with van der Waals surface area (Å²) in [6, 6.07) is 0.561. The number of hydrogen-bond donors (Lipinski definition) is 2. The fraction of sp³-hybridized carbons (Fsp3) is 0.909. The quantitative estimate of drug-likeness (QED) is 0.695. The first kappa shape index (κ1) is 10.9. The maximum absolute atomic E-state index is 11.3. The normalized spacial score (nSPS) is 33.1. The van der Waals surface area contributed by atoms with Crippen molar-refractivity contribution in [1.29, 1.82) is 0 Å². The Balaban J connectivity index is 1.89. The first-order valence-electron chi connectivity index (χ1n) is 6.04. The van der Waals surface area contributed by atoms with Gasteiger partial charge in [-0.25, -0.2) is 0 Å². The summed E-state index contributed by atoms with van der Waals surface area (Å²) in [5, 5.41) is 3.47. The Hall–Kier alpha value is -0.610. The van der Waals surface area contributed by atoms with Crippen LogP contribution in [-0.2, 0) is 4.79 Å². The molecule has 2 aliphatic rings. The summed E-state index contributed by atoms with van der Waals surface area (Å²) >= 11 is 0. The van der Waals surface area contributed by atoms with Gasteiger partial charge in [0.15, 0.2) is 0 Å². The molecule has 2 fully saturated rings. The zero-order valence-electron chi connectivity index (χ0n) is 9.24. The topological polar surface area (TPSA) is 58.4 Å². The molecule has 0 aromatic heterocycles. The molecule has 2 heterocycles. The molecule has 0 bridgehead atoms. The van der Waals surface area contributed by atoms with Crippen molar-refractivity contribution in [3.63, 3.8) is 0 Å². The first-order chi connectivity index (χ1) is 7.27. The Labute approximate surface area is 91.2 Å². The molecule has 0 aromatic rings. The van der Waals surface area contributed by atoms with E-state index in [1.54, 1.807) is 0 Å². The third-order valence-electron chi connectivity index (χ3n) is 3.56. The van der Waals surface area contributed by atoms with Gasteiger partial charge in [0.05, 0.1) is 6.04 Å². The molecule has 2 aliphatic heterocycles. The molecule has 0 spiro atoms. The van der Waals surface area contributed by atoms with E-state index >= 15 is 0 Å². The highest BCUT2D eigenvalue weighted by molar-refractivity contribution is 5.79. The summed E-state index contributed by atoms with van der Waals surface area (Å²) in [5.74, 6) is -0.146. The molecule has 86 valence electrons. The summed E-state index contributed by atoms with van der Waals surface area (Å²) in [5.41, 5.74) is 5.43. The van der Waals surface area contributed by atoms with Crippen molar-refractivity contribution in [3.05, 3.63) is 0 Å². The molecule has 0 saturated carbocycles. The Morgan fingerprint density at radius 3 is 2.87 bits per heavy atom. The molecule has 3 N–H and O–H groups in total. The Morgan fingerprint density at radius 1 is 1.33 bits per heavy atom. The molecule has 0 radical (unpaired) electrons. The summed E-state index contributed by atoms with van der Waals surface area (Å²) < 4.78 is 0. The largest absolute Gasteiger partial charge is 0.368 e. The van der Waals surface area contributed by atoms with Crippen LogP contribution < -0.4 is 11.1 Å². The summed E-state index contributed by atoms with van der Waals surface area (Å²) in [4.78, 5) is 13.6. The summed E-state index contributed by atoms with van der Waals surface area (Å²) in [6.45, 7) is 3.15. The van der Waals surface area contributed by atoms with Gasteiger partial charge in [-0.3, -0.25) is 9.69 Å². The van der Waals surface area contributed by atoms with E-state index < -0.39 is 0 Å². The number of amides is 1. The van der Waals surface area contributed by atoms with Crippen LogP contribution in [0.25, 0.3) is 0 Å². The zero-order valence-corrected chi connectivity index (χ0v) is 9.24. The number of likely N-dealkylation sites (tertiary alicyclic amines) is 1. The summed E-state index contributed by atoms with van der Waals surface area (Å²) in [6.07, 6.45) is 5.79. The predicted molar refractivity (Wildman–Crippen MR) is 59.4 cm³/mol. The van der Waals surface area contributed by atoms with Gasteiger partial charge in [-0.2, -0.15) is 0 Å². The number of primary amides is 1.